The Labute approximate surface area is 186 Å². The molecule has 4 rings (SSSR count). The Morgan fingerprint density at radius 2 is 1.81 bits per heavy atom. The predicted octanol–water partition coefficient (Wildman–Crippen LogP) is 5.53. The maximum atomic E-state index is 13.3. The highest BCUT2D eigenvalue weighted by Gasteiger charge is 2.52. The van der Waals surface area contributed by atoms with E-state index in [-0.39, 0.29) is 17.3 Å². The number of hydrogen-bond acceptors (Lipinski definition) is 4. The smallest absolute Gasteiger partial charge is 0.404 e. The molecule has 1 aliphatic heterocycles. The van der Waals surface area contributed by atoms with Crippen LogP contribution >= 0.6 is 11.6 Å². The van der Waals surface area contributed by atoms with E-state index in [1.54, 1.807) is 26.1 Å². The minimum Gasteiger partial charge on any atom is -0.404 e. The fourth-order valence-corrected chi connectivity index (χ4v) is 3.84. The van der Waals surface area contributed by atoms with E-state index in [4.69, 9.17) is 11.6 Å². The Kier molecular flexibility index (Phi) is 5.24. The summed E-state index contributed by atoms with van der Waals surface area (Å²) in [5.41, 5.74) is 0.410. The van der Waals surface area contributed by atoms with Crippen molar-refractivity contribution in [3.63, 3.8) is 0 Å². The number of benzene rings is 2. The van der Waals surface area contributed by atoms with Crippen LogP contribution < -0.4 is 9.64 Å². The van der Waals surface area contributed by atoms with Gasteiger partial charge < -0.3 is 9.64 Å². The van der Waals surface area contributed by atoms with E-state index in [2.05, 4.69) is 9.72 Å². The molecule has 0 N–H and O–H groups in total. The molecule has 0 atom stereocenters. The molecule has 32 heavy (non-hydrogen) atoms. The number of carbonyl (C=O) groups excluding carboxylic acids is 2. The van der Waals surface area contributed by atoms with Gasteiger partial charge in [0.25, 0.3) is 5.91 Å². The number of nitrogens with zero attached hydrogens (tertiary/aromatic N) is 3. The molecule has 2 aromatic carbocycles. The fourth-order valence-electron chi connectivity index (χ4n) is 3.63. The molecule has 10 heteroatoms. The van der Waals surface area contributed by atoms with Crippen LogP contribution in [0.5, 0.6) is 5.75 Å². The van der Waals surface area contributed by atoms with Gasteiger partial charge in [-0.15, -0.1) is 13.2 Å². The summed E-state index contributed by atoms with van der Waals surface area (Å²) in [7, 11) is 0. The van der Waals surface area contributed by atoms with E-state index in [9.17, 15) is 22.8 Å². The Hall–Kier alpha value is -3.33. The second-order valence-electron chi connectivity index (χ2n) is 7.72. The average Bonchev–Trinajstić information content (AvgIpc) is 2.88. The molecule has 0 aliphatic carbocycles. The van der Waals surface area contributed by atoms with Gasteiger partial charge in [0.1, 0.15) is 11.3 Å². The standard InChI is InChI=1S/C22H17ClF3N3O3/c1-21(2)19(30)29(14-7-8-18(16(23)11-14)32-22(24,25)26)20(31)28(21)12-13-9-10-27-17-6-4-3-5-15(13)17/h3-11H,12H2,1-2H3. The van der Waals surface area contributed by atoms with Gasteiger partial charge in [-0.1, -0.05) is 29.8 Å². The summed E-state index contributed by atoms with van der Waals surface area (Å²) < 4.78 is 41.4. The minimum absolute atomic E-state index is 0.0506. The quantitative estimate of drug-likeness (QED) is 0.477. The molecule has 1 fully saturated rings. The molecule has 1 aromatic heterocycles. The van der Waals surface area contributed by atoms with E-state index in [0.29, 0.717) is 0 Å². The lowest BCUT2D eigenvalue weighted by atomic mass is 10.0. The first-order chi connectivity index (χ1) is 15.0. The zero-order valence-corrected chi connectivity index (χ0v) is 17.7. The topological polar surface area (TPSA) is 62.7 Å². The summed E-state index contributed by atoms with van der Waals surface area (Å²) in [5.74, 6) is -1.15. The second-order valence-corrected chi connectivity index (χ2v) is 8.13. The van der Waals surface area contributed by atoms with Crippen molar-refractivity contribution < 1.29 is 27.5 Å². The number of pyridine rings is 1. The highest BCUT2D eigenvalue weighted by molar-refractivity contribution is 6.33. The lowest BCUT2D eigenvalue weighted by Crippen LogP contribution is -2.43. The van der Waals surface area contributed by atoms with Gasteiger partial charge in [0.2, 0.25) is 0 Å². The molecule has 1 aliphatic rings. The Morgan fingerprint density at radius 1 is 1.09 bits per heavy atom. The van der Waals surface area contributed by atoms with Crippen LogP contribution in [-0.2, 0) is 11.3 Å². The van der Waals surface area contributed by atoms with Crippen LogP contribution in [-0.4, -0.2) is 33.7 Å². The third kappa shape index (κ3) is 3.84. The molecular formula is C22H17ClF3N3O3. The summed E-state index contributed by atoms with van der Waals surface area (Å²) in [5, 5.41) is 0.470. The number of alkyl halides is 3. The molecule has 1 saturated heterocycles. The van der Waals surface area contributed by atoms with Crippen molar-refractivity contribution in [3.05, 3.63) is 65.3 Å². The Balaban J connectivity index is 1.67. The Bertz CT molecular complexity index is 1220. The molecule has 3 aromatic rings. The number of rotatable bonds is 4. The number of ether oxygens (including phenoxy) is 1. The summed E-state index contributed by atoms with van der Waals surface area (Å²) in [6.45, 7) is 3.36. The van der Waals surface area contributed by atoms with Gasteiger partial charge in [0, 0.05) is 18.1 Å². The lowest BCUT2D eigenvalue weighted by Gasteiger charge is -2.28. The number of fused-ring (bicyclic) bond motifs is 1. The molecule has 0 saturated carbocycles. The van der Waals surface area contributed by atoms with Crippen LogP contribution in [0.3, 0.4) is 0 Å². The third-order valence-electron chi connectivity index (χ3n) is 5.29. The van der Waals surface area contributed by atoms with Crippen LogP contribution in [0.15, 0.2) is 54.7 Å². The molecule has 0 unspecified atom stereocenters. The van der Waals surface area contributed by atoms with Gasteiger partial charge in [0.15, 0.2) is 0 Å². The SMILES string of the molecule is CC1(C)C(=O)N(c2ccc(OC(F)(F)F)c(Cl)c2)C(=O)N1Cc1ccnc2ccccc12. The summed E-state index contributed by atoms with van der Waals surface area (Å²) in [6, 6.07) is 11.9. The number of para-hydroxylation sites is 1. The van der Waals surface area contributed by atoms with Crippen LogP contribution in [0.1, 0.15) is 19.4 Å². The van der Waals surface area contributed by atoms with E-state index >= 15 is 0 Å². The van der Waals surface area contributed by atoms with Crippen molar-refractivity contribution in [2.24, 2.45) is 0 Å². The first-order valence-electron chi connectivity index (χ1n) is 9.53. The zero-order valence-electron chi connectivity index (χ0n) is 17.0. The molecule has 166 valence electrons. The molecule has 2 heterocycles. The summed E-state index contributed by atoms with van der Waals surface area (Å²) in [4.78, 5) is 33.0. The monoisotopic (exact) mass is 463 g/mol. The van der Waals surface area contributed by atoms with Gasteiger partial charge in [-0.2, -0.15) is 0 Å². The molecule has 0 bridgehead atoms. The number of anilines is 1. The molecular weight excluding hydrogens is 447 g/mol. The second kappa shape index (κ2) is 7.67. The van der Waals surface area contributed by atoms with Crippen molar-refractivity contribution in [3.8, 4) is 5.75 Å². The van der Waals surface area contributed by atoms with E-state index < -0.39 is 29.6 Å². The maximum absolute atomic E-state index is 13.3. The molecule has 3 amide bonds. The first-order valence-corrected chi connectivity index (χ1v) is 9.91. The van der Waals surface area contributed by atoms with Crippen molar-refractivity contribution >= 4 is 40.1 Å². The summed E-state index contributed by atoms with van der Waals surface area (Å²) >= 11 is 5.92. The number of imide groups is 1. The number of aromatic nitrogens is 1. The lowest BCUT2D eigenvalue weighted by molar-refractivity contribution is -0.274. The third-order valence-corrected chi connectivity index (χ3v) is 5.59. The van der Waals surface area contributed by atoms with Crippen molar-refractivity contribution in [1.82, 2.24) is 9.88 Å². The van der Waals surface area contributed by atoms with Crippen LogP contribution in [0, 0.1) is 0 Å². The van der Waals surface area contributed by atoms with Gasteiger partial charge >= 0.3 is 12.4 Å². The average molecular weight is 464 g/mol. The molecule has 6 nitrogen and oxygen atoms in total. The van der Waals surface area contributed by atoms with E-state index in [0.717, 1.165) is 33.5 Å². The van der Waals surface area contributed by atoms with Crippen LogP contribution in [0.4, 0.5) is 23.7 Å². The van der Waals surface area contributed by atoms with E-state index in [1.807, 2.05) is 24.3 Å². The van der Waals surface area contributed by atoms with E-state index in [1.165, 1.54) is 11.0 Å². The summed E-state index contributed by atoms with van der Waals surface area (Å²) in [6.07, 6.45) is -3.29. The van der Waals surface area contributed by atoms with Crippen molar-refractivity contribution in [1.29, 1.82) is 0 Å². The van der Waals surface area contributed by atoms with Gasteiger partial charge in [-0.05, 0) is 49.7 Å². The number of carbonyl (C=O) groups is 2. The molecule has 0 spiro atoms. The van der Waals surface area contributed by atoms with Gasteiger partial charge in [-0.25, -0.2) is 9.69 Å². The van der Waals surface area contributed by atoms with Crippen molar-refractivity contribution in [2.45, 2.75) is 32.3 Å². The first kappa shape index (κ1) is 21.9. The maximum Gasteiger partial charge on any atom is 0.573 e. The number of hydrogen-bond donors (Lipinski definition) is 0. The highest BCUT2D eigenvalue weighted by atomic mass is 35.5. The van der Waals surface area contributed by atoms with Gasteiger partial charge in [-0.3, -0.25) is 9.78 Å². The zero-order chi connectivity index (χ0) is 23.3. The van der Waals surface area contributed by atoms with Crippen LogP contribution in [0.25, 0.3) is 10.9 Å². The van der Waals surface area contributed by atoms with Gasteiger partial charge in [0.05, 0.1) is 16.2 Å². The highest BCUT2D eigenvalue weighted by Crippen LogP contribution is 2.38. The molecule has 0 radical (unpaired) electrons. The normalized spacial score (nSPS) is 16.2. The predicted molar refractivity (Wildman–Crippen MR) is 112 cm³/mol. The largest absolute Gasteiger partial charge is 0.573 e. The van der Waals surface area contributed by atoms with Crippen LogP contribution in [0.2, 0.25) is 5.02 Å². The van der Waals surface area contributed by atoms with Crippen molar-refractivity contribution in [2.75, 3.05) is 4.90 Å². The number of halogens is 4. The minimum atomic E-state index is -4.92. The number of amides is 3. The number of urea groups is 1. The fraction of sp³-hybridized carbons (Fsp3) is 0.227. The Morgan fingerprint density at radius 3 is 2.50 bits per heavy atom.